The van der Waals surface area contributed by atoms with Crippen molar-refractivity contribution < 1.29 is 14.6 Å². The molecule has 0 aromatic carbocycles. The van der Waals surface area contributed by atoms with Crippen LogP contribution in [0.2, 0.25) is 0 Å². The zero-order valence-electron chi connectivity index (χ0n) is 18.5. The van der Waals surface area contributed by atoms with E-state index >= 15 is 0 Å². The van der Waals surface area contributed by atoms with Gasteiger partial charge < -0.3 is 19.8 Å². The SMILES string of the molecule is O=C(O)C=C1C=CC(OC2=Cc3cc4ccc(cc5ccc(cc6nc(cc2n3)C=C6)[nH]5)[nH]4)=CC1. The lowest BCUT2D eigenvalue weighted by molar-refractivity contribution is -0.131. The van der Waals surface area contributed by atoms with Gasteiger partial charge in [0.25, 0.3) is 0 Å². The smallest absolute Gasteiger partial charge is 0.328 e. The largest absolute Gasteiger partial charge is 0.478 e. The molecule has 5 heterocycles. The fourth-order valence-corrected chi connectivity index (χ4v) is 4.08. The first-order chi connectivity index (χ1) is 17.1. The quantitative estimate of drug-likeness (QED) is 0.333. The van der Waals surface area contributed by atoms with Crippen LogP contribution in [0.3, 0.4) is 0 Å². The molecule has 8 bridgehead atoms. The molecule has 7 nitrogen and oxygen atoms in total. The number of aromatic nitrogens is 4. The highest BCUT2D eigenvalue weighted by Crippen LogP contribution is 2.28. The number of nitrogens with one attached hydrogen (secondary N) is 2. The number of hydrogen-bond donors (Lipinski definition) is 3. The Morgan fingerprint density at radius 3 is 2.14 bits per heavy atom. The van der Waals surface area contributed by atoms with Crippen molar-refractivity contribution >= 4 is 52.0 Å². The summed E-state index contributed by atoms with van der Waals surface area (Å²) in [6.07, 6.45) is 12.8. The first kappa shape index (κ1) is 20.7. The van der Waals surface area contributed by atoms with Crippen molar-refractivity contribution in [1.82, 2.24) is 19.9 Å². The molecular formula is C28H20N4O3. The van der Waals surface area contributed by atoms with E-state index < -0.39 is 5.97 Å². The van der Waals surface area contributed by atoms with Crippen LogP contribution in [-0.2, 0) is 9.53 Å². The predicted molar refractivity (Wildman–Crippen MR) is 136 cm³/mol. The van der Waals surface area contributed by atoms with E-state index in [0.29, 0.717) is 29.2 Å². The van der Waals surface area contributed by atoms with Crippen LogP contribution < -0.4 is 0 Å². The Labute approximate surface area is 200 Å². The number of aromatic amines is 2. The molecule has 7 heteroatoms. The number of fused-ring (bicyclic) bond motifs is 8. The van der Waals surface area contributed by atoms with E-state index in [1.165, 1.54) is 6.08 Å². The maximum Gasteiger partial charge on any atom is 0.328 e. The normalized spacial score (nSPS) is 15.7. The summed E-state index contributed by atoms with van der Waals surface area (Å²) >= 11 is 0. The summed E-state index contributed by atoms with van der Waals surface area (Å²) in [5, 5.41) is 8.95. The molecule has 3 aliphatic rings. The van der Waals surface area contributed by atoms with Gasteiger partial charge in [0.1, 0.15) is 11.5 Å². The molecule has 3 N–H and O–H groups in total. The van der Waals surface area contributed by atoms with Crippen LogP contribution in [0.5, 0.6) is 0 Å². The molecule has 0 saturated carbocycles. The number of carbonyl (C=O) groups is 1. The monoisotopic (exact) mass is 460 g/mol. The van der Waals surface area contributed by atoms with Gasteiger partial charge in [-0.3, -0.25) is 0 Å². The molecule has 0 unspecified atom stereocenters. The molecule has 2 aliphatic heterocycles. The van der Waals surface area contributed by atoms with Gasteiger partial charge in [0.05, 0.1) is 17.1 Å². The van der Waals surface area contributed by atoms with Crippen molar-refractivity contribution in [2.45, 2.75) is 6.42 Å². The van der Waals surface area contributed by atoms with Gasteiger partial charge in [0.2, 0.25) is 0 Å². The molecule has 1 aliphatic carbocycles. The minimum absolute atomic E-state index is 0.482. The van der Waals surface area contributed by atoms with E-state index in [9.17, 15) is 4.79 Å². The van der Waals surface area contributed by atoms with E-state index in [0.717, 1.165) is 39.1 Å². The van der Waals surface area contributed by atoms with Crippen LogP contribution in [0.15, 0.2) is 84.2 Å². The number of H-pyrrole nitrogens is 2. The predicted octanol–water partition coefficient (Wildman–Crippen LogP) is 5.85. The fourth-order valence-electron chi connectivity index (χ4n) is 4.08. The molecule has 0 atom stereocenters. The fraction of sp³-hybridized carbons (Fsp3) is 0.0357. The number of aliphatic carboxylic acids is 1. The standard InChI is InChI=1S/C28H20N4O3/c33-28(34)11-17-1-9-25(10-2-17)35-27-16-24-14-22-6-5-20(30-22)12-18-3-4-19(29-18)13-21-7-8-23(31-21)15-26(27)32-24/h1,3-16,29-30H,2H2,(H,33,34). The average molecular weight is 460 g/mol. The molecule has 0 spiro atoms. The lowest BCUT2D eigenvalue weighted by Crippen LogP contribution is -1.96. The second kappa shape index (κ2) is 8.46. The van der Waals surface area contributed by atoms with E-state index in [1.54, 1.807) is 12.2 Å². The lowest BCUT2D eigenvalue weighted by Gasteiger charge is -2.11. The van der Waals surface area contributed by atoms with Gasteiger partial charge >= 0.3 is 5.97 Å². The summed E-state index contributed by atoms with van der Waals surface area (Å²) in [5.74, 6) is 0.272. The second-order valence-electron chi connectivity index (χ2n) is 8.34. The van der Waals surface area contributed by atoms with Gasteiger partial charge in [-0.2, -0.15) is 0 Å². The maximum absolute atomic E-state index is 10.9. The Morgan fingerprint density at radius 2 is 1.49 bits per heavy atom. The van der Waals surface area contributed by atoms with Crippen molar-refractivity contribution in [3.63, 3.8) is 0 Å². The number of nitrogens with zero attached hydrogens (tertiary/aromatic N) is 2. The van der Waals surface area contributed by atoms with Crippen LogP contribution >= 0.6 is 0 Å². The number of carboxylic acids is 1. The molecular weight excluding hydrogens is 440 g/mol. The molecule has 0 saturated heterocycles. The van der Waals surface area contributed by atoms with E-state index in [1.807, 2.05) is 72.8 Å². The summed E-state index contributed by atoms with van der Waals surface area (Å²) in [5.41, 5.74) is 7.60. The highest BCUT2D eigenvalue weighted by atomic mass is 16.5. The van der Waals surface area contributed by atoms with Crippen molar-refractivity contribution in [3.8, 4) is 0 Å². The molecule has 0 radical (unpaired) electrons. The summed E-state index contributed by atoms with van der Waals surface area (Å²) in [6.45, 7) is 0. The third kappa shape index (κ3) is 4.60. The molecule has 3 aromatic rings. The number of carboxylic acid groups (broad SMARTS) is 1. The van der Waals surface area contributed by atoms with E-state index in [-0.39, 0.29) is 0 Å². The minimum atomic E-state index is -0.962. The Balaban J connectivity index is 1.44. The lowest BCUT2D eigenvalue weighted by atomic mass is 10.1. The molecule has 170 valence electrons. The van der Waals surface area contributed by atoms with Gasteiger partial charge in [0, 0.05) is 34.2 Å². The number of ether oxygens (including phenoxy) is 1. The summed E-state index contributed by atoms with van der Waals surface area (Å²) in [6, 6.07) is 16.0. The summed E-state index contributed by atoms with van der Waals surface area (Å²) in [7, 11) is 0. The summed E-state index contributed by atoms with van der Waals surface area (Å²) in [4.78, 5) is 27.2. The molecule has 6 rings (SSSR count). The van der Waals surface area contributed by atoms with E-state index in [2.05, 4.69) is 9.97 Å². The van der Waals surface area contributed by atoms with Gasteiger partial charge in [-0.25, -0.2) is 14.8 Å². The average Bonchev–Trinajstić information content (AvgIpc) is 3.61. The second-order valence-corrected chi connectivity index (χ2v) is 8.34. The van der Waals surface area contributed by atoms with Gasteiger partial charge in [0.15, 0.2) is 5.76 Å². The summed E-state index contributed by atoms with van der Waals surface area (Å²) < 4.78 is 6.17. The van der Waals surface area contributed by atoms with Crippen molar-refractivity contribution in [1.29, 1.82) is 0 Å². The molecule has 0 fully saturated rings. The highest BCUT2D eigenvalue weighted by molar-refractivity contribution is 5.83. The Morgan fingerprint density at radius 1 is 0.829 bits per heavy atom. The molecule has 0 amide bonds. The Kier molecular flexibility index (Phi) is 5.00. The topological polar surface area (TPSA) is 104 Å². The van der Waals surface area contributed by atoms with E-state index in [4.69, 9.17) is 19.8 Å². The minimum Gasteiger partial charge on any atom is -0.478 e. The van der Waals surface area contributed by atoms with Crippen molar-refractivity contribution in [2.24, 2.45) is 0 Å². The van der Waals surface area contributed by atoms with Crippen LogP contribution in [0.25, 0.3) is 46.1 Å². The zero-order valence-corrected chi connectivity index (χ0v) is 18.5. The first-order valence-corrected chi connectivity index (χ1v) is 11.1. The van der Waals surface area contributed by atoms with Gasteiger partial charge in [-0.05, 0) is 84.8 Å². The van der Waals surface area contributed by atoms with Crippen LogP contribution in [0.1, 0.15) is 29.2 Å². The number of allylic oxidation sites excluding steroid dienone is 4. The zero-order chi connectivity index (χ0) is 23.8. The Bertz CT molecular complexity index is 1680. The first-order valence-electron chi connectivity index (χ1n) is 11.1. The Hall–Kier alpha value is -4.91. The highest BCUT2D eigenvalue weighted by Gasteiger charge is 2.15. The third-order valence-corrected chi connectivity index (χ3v) is 5.67. The number of rotatable bonds is 3. The number of hydrogen-bond acceptors (Lipinski definition) is 4. The van der Waals surface area contributed by atoms with Crippen LogP contribution in [0.4, 0.5) is 0 Å². The maximum atomic E-state index is 10.9. The van der Waals surface area contributed by atoms with Crippen LogP contribution in [0, 0.1) is 0 Å². The molecule has 35 heavy (non-hydrogen) atoms. The van der Waals surface area contributed by atoms with Crippen LogP contribution in [-0.4, -0.2) is 31.0 Å². The van der Waals surface area contributed by atoms with Crippen molar-refractivity contribution in [3.05, 3.63) is 107 Å². The third-order valence-electron chi connectivity index (χ3n) is 5.67. The van der Waals surface area contributed by atoms with Gasteiger partial charge in [-0.15, -0.1) is 0 Å². The van der Waals surface area contributed by atoms with Crippen molar-refractivity contribution in [2.75, 3.05) is 0 Å². The van der Waals surface area contributed by atoms with Gasteiger partial charge in [-0.1, -0.05) is 6.08 Å². The molecule has 3 aromatic heterocycles.